The summed E-state index contributed by atoms with van der Waals surface area (Å²) in [5.74, 6) is 1.37. The summed E-state index contributed by atoms with van der Waals surface area (Å²) in [4.78, 5) is 0. The van der Waals surface area contributed by atoms with Gasteiger partial charge in [0.15, 0.2) is 0 Å². The molecule has 1 heterocycles. The van der Waals surface area contributed by atoms with E-state index < -0.39 is 0 Å². The third kappa shape index (κ3) is 4.13. The first-order valence-corrected chi connectivity index (χ1v) is 9.57. The Hall–Kier alpha value is -1.64. The van der Waals surface area contributed by atoms with Crippen molar-refractivity contribution in [3.05, 3.63) is 70.8 Å². The van der Waals surface area contributed by atoms with Gasteiger partial charge in [0, 0.05) is 18.5 Å². The van der Waals surface area contributed by atoms with Gasteiger partial charge in [-0.2, -0.15) is 0 Å². The Morgan fingerprint density at radius 2 is 1.16 bits per heavy atom. The molecule has 0 spiro atoms. The van der Waals surface area contributed by atoms with Crippen LogP contribution in [0.5, 0.6) is 0 Å². The Kier molecular flexibility index (Phi) is 5.61. The van der Waals surface area contributed by atoms with Crippen molar-refractivity contribution in [2.45, 2.75) is 64.0 Å². The molecule has 0 aliphatic carbocycles. The minimum absolute atomic E-state index is 0.239. The Labute approximate surface area is 152 Å². The largest absolute Gasteiger partial charge is 0.392 e. The molecule has 2 heteroatoms. The van der Waals surface area contributed by atoms with Gasteiger partial charge in [-0.15, -0.1) is 0 Å². The Balaban J connectivity index is 1.94. The van der Waals surface area contributed by atoms with E-state index in [-0.39, 0.29) is 18.1 Å². The van der Waals surface area contributed by atoms with Crippen molar-refractivity contribution in [3.8, 4) is 0 Å². The smallest absolute Gasteiger partial charge is 0.0679 e. The molecule has 1 aliphatic rings. The van der Waals surface area contributed by atoms with Crippen molar-refractivity contribution < 1.29 is 5.11 Å². The van der Waals surface area contributed by atoms with Crippen molar-refractivity contribution in [3.63, 3.8) is 0 Å². The fourth-order valence-corrected chi connectivity index (χ4v) is 3.83. The summed E-state index contributed by atoms with van der Waals surface area (Å²) in [6.07, 6.45) is 0.570. The summed E-state index contributed by atoms with van der Waals surface area (Å²) in [6.45, 7) is 9.60. The van der Waals surface area contributed by atoms with E-state index in [1.54, 1.807) is 0 Å². The van der Waals surface area contributed by atoms with Gasteiger partial charge < -0.3 is 10.4 Å². The van der Waals surface area contributed by atoms with Crippen LogP contribution in [0.2, 0.25) is 0 Å². The molecule has 2 aromatic carbocycles. The first kappa shape index (κ1) is 18.2. The number of rotatable bonds is 5. The summed E-state index contributed by atoms with van der Waals surface area (Å²) >= 11 is 0. The van der Waals surface area contributed by atoms with Crippen LogP contribution in [-0.4, -0.2) is 23.8 Å². The van der Waals surface area contributed by atoms with Gasteiger partial charge in [0.05, 0.1) is 6.10 Å². The van der Waals surface area contributed by atoms with Crippen molar-refractivity contribution in [1.29, 1.82) is 0 Å². The zero-order chi connectivity index (χ0) is 18.0. The Morgan fingerprint density at radius 1 is 0.760 bits per heavy atom. The van der Waals surface area contributed by atoms with Crippen LogP contribution >= 0.6 is 0 Å². The topological polar surface area (TPSA) is 32.3 Å². The second-order valence-corrected chi connectivity index (χ2v) is 8.02. The van der Waals surface area contributed by atoms with E-state index in [0.717, 1.165) is 6.42 Å². The highest BCUT2D eigenvalue weighted by Crippen LogP contribution is 2.33. The molecule has 0 bridgehead atoms. The third-order valence-corrected chi connectivity index (χ3v) is 5.47. The van der Waals surface area contributed by atoms with Crippen LogP contribution in [0.1, 0.15) is 74.1 Å². The molecular formula is C23H31NO. The van der Waals surface area contributed by atoms with Crippen LogP contribution in [0.15, 0.2) is 48.5 Å². The monoisotopic (exact) mass is 337 g/mol. The lowest BCUT2D eigenvalue weighted by molar-refractivity contribution is 0.192. The minimum Gasteiger partial charge on any atom is -0.392 e. The number of hydrogen-bond donors (Lipinski definition) is 2. The average Bonchev–Trinajstić information content (AvgIpc) is 3.02. The van der Waals surface area contributed by atoms with Crippen LogP contribution in [0.3, 0.4) is 0 Å². The standard InChI is InChI=1S/C23H31NO/c1-15(2)17-5-9-19(10-6-17)23(22-13-21(25)14-24-22)20-11-7-18(8-12-20)16(3)4/h5-12,15-16,21-25H,13-14H2,1-4H3. The van der Waals surface area contributed by atoms with Crippen molar-refractivity contribution >= 4 is 0 Å². The Bertz CT molecular complexity index is 621. The van der Waals surface area contributed by atoms with Gasteiger partial charge in [0.1, 0.15) is 0 Å². The van der Waals surface area contributed by atoms with Crippen LogP contribution in [-0.2, 0) is 0 Å². The molecule has 2 unspecified atom stereocenters. The molecule has 2 atom stereocenters. The number of nitrogens with one attached hydrogen (secondary N) is 1. The predicted molar refractivity (Wildman–Crippen MR) is 105 cm³/mol. The molecule has 2 aromatic rings. The molecule has 25 heavy (non-hydrogen) atoms. The molecule has 1 fully saturated rings. The summed E-state index contributed by atoms with van der Waals surface area (Å²) in [7, 11) is 0. The highest BCUT2D eigenvalue weighted by molar-refractivity contribution is 5.38. The van der Waals surface area contributed by atoms with E-state index in [1.165, 1.54) is 22.3 Å². The van der Waals surface area contributed by atoms with Gasteiger partial charge in [-0.3, -0.25) is 0 Å². The van der Waals surface area contributed by atoms with Gasteiger partial charge in [-0.1, -0.05) is 76.2 Å². The van der Waals surface area contributed by atoms with E-state index in [1.807, 2.05) is 0 Å². The zero-order valence-corrected chi connectivity index (χ0v) is 15.9. The maximum atomic E-state index is 10.0. The number of β-amino-alcohol motifs (C(OH)–C–C–N with tert-alkyl or cyclic N) is 1. The Morgan fingerprint density at radius 3 is 1.48 bits per heavy atom. The van der Waals surface area contributed by atoms with Crippen LogP contribution in [0, 0.1) is 0 Å². The molecule has 0 amide bonds. The molecule has 2 nitrogen and oxygen atoms in total. The van der Waals surface area contributed by atoms with E-state index in [2.05, 4.69) is 81.5 Å². The van der Waals surface area contributed by atoms with Crippen LogP contribution in [0.25, 0.3) is 0 Å². The number of hydrogen-bond acceptors (Lipinski definition) is 2. The lowest BCUT2D eigenvalue weighted by Gasteiger charge is -2.26. The lowest BCUT2D eigenvalue weighted by Crippen LogP contribution is -2.29. The SMILES string of the molecule is CC(C)c1ccc(C(c2ccc(C(C)C)cc2)C2CC(O)CN2)cc1. The number of aliphatic hydroxyl groups excluding tert-OH is 1. The van der Waals surface area contributed by atoms with Gasteiger partial charge in [0.2, 0.25) is 0 Å². The van der Waals surface area contributed by atoms with E-state index in [4.69, 9.17) is 0 Å². The van der Waals surface area contributed by atoms with E-state index in [9.17, 15) is 5.11 Å². The van der Waals surface area contributed by atoms with Gasteiger partial charge in [-0.25, -0.2) is 0 Å². The molecule has 1 saturated heterocycles. The molecule has 0 aromatic heterocycles. The maximum absolute atomic E-state index is 10.0. The molecule has 0 saturated carbocycles. The second kappa shape index (κ2) is 7.72. The lowest BCUT2D eigenvalue weighted by atomic mass is 9.82. The maximum Gasteiger partial charge on any atom is 0.0679 e. The quantitative estimate of drug-likeness (QED) is 0.822. The van der Waals surface area contributed by atoms with Gasteiger partial charge >= 0.3 is 0 Å². The normalized spacial score (nSPS) is 20.8. The third-order valence-electron chi connectivity index (χ3n) is 5.47. The van der Waals surface area contributed by atoms with E-state index >= 15 is 0 Å². The minimum atomic E-state index is -0.239. The molecule has 3 rings (SSSR count). The summed E-state index contributed by atoms with van der Waals surface area (Å²) in [5, 5.41) is 13.5. The number of benzene rings is 2. The second-order valence-electron chi connectivity index (χ2n) is 8.02. The predicted octanol–water partition coefficient (Wildman–Crippen LogP) is 4.79. The molecular weight excluding hydrogens is 306 g/mol. The fraction of sp³-hybridized carbons (Fsp3) is 0.478. The van der Waals surface area contributed by atoms with Crippen molar-refractivity contribution in [1.82, 2.24) is 5.32 Å². The molecule has 134 valence electrons. The van der Waals surface area contributed by atoms with Crippen molar-refractivity contribution in [2.75, 3.05) is 6.54 Å². The summed E-state index contributed by atoms with van der Waals surface area (Å²) in [6, 6.07) is 18.4. The average molecular weight is 338 g/mol. The summed E-state index contributed by atoms with van der Waals surface area (Å²) in [5.41, 5.74) is 5.40. The fourth-order valence-electron chi connectivity index (χ4n) is 3.83. The molecule has 0 radical (unpaired) electrons. The zero-order valence-electron chi connectivity index (χ0n) is 15.9. The molecule has 1 aliphatic heterocycles. The first-order chi connectivity index (χ1) is 12.0. The van der Waals surface area contributed by atoms with Crippen molar-refractivity contribution in [2.24, 2.45) is 0 Å². The first-order valence-electron chi connectivity index (χ1n) is 9.57. The van der Waals surface area contributed by atoms with E-state index in [0.29, 0.717) is 18.4 Å². The van der Waals surface area contributed by atoms with Crippen LogP contribution in [0.4, 0.5) is 0 Å². The van der Waals surface area contributed by atoms with Crippen LogP contribution < -0.4 is 5.32 Å². The summed E-state index contributed by atoms with van der Waals surface area (Å²) < 4.78 is 0. The number of aliphatic hydroxyl groups is 1. The molecule has 2 N–H and O–H groups in total. The highest BCUT2D eigenvalue weighted by Gasteiger charge is 2.31. The highest BCUT2D eigenvalue weighted by atomic mass is 16.3. The van der Waals surface area contributed by atoms with Gasteiger partial charge in [0.25, 0.3) is 0 Å². The van der Waals surface area contributed by atoms with Gasteiger partial charge in [-0.05, 0) is 40.5 Å².